The Hall–Kier alpha value is -1.39. The van der Waals surface area contributed by atoms with Gasteiger partial charge < -0.3 is 4.74 Å². The normalized spacial score (nSPS) is 8.10. The van der Waals surface area contributed by atoms with Crippen LogP contribution in [0.3, 0.4) is 0 Å². The highest BCUT2D eigenvalue weighted by atomic mass is 16.5. The van der Waals surface area contributed by atoms with Crippen LogP contribution in [0.1, 0.15) is 0 Å². The van der Waals surface area contributed by atoms with E-state index in [-0.39, 0.29) is 19.4 Å². The topological polar surface area (TPSA) is 63.7 Å². The average molecular weight is 145 g/mol. The molecule has 0 rings (SSSR count). The van der Waals surface area contributed by atoms with Crippen LogP contribution in [0, 0.1) is 0 Å². The second-order valence-electron chi connectivity index (χ2n) is 1.46. The molecule has 0 saturated heterocycles. The fourth-order valence-corrected chi connectivity index (χ4v) is 0.313. The first kappa shape index (κ1) is 8.61. The molecule has 0 heterocycles. The van der Waals surface area contributed by atoms with E-state index in [9.17, 15) is 14.4 Å². The molecule has 0 bridgehead atoms. The third kappa shape index (κ3) is 2.81. The molecule has 5 nitrogen and oxygen atoms in total. The van der Waals surface area contributed by atoms with E-state index >= 15 is 0 Å². The predicted octanol–water partition coefficient (Wildman–Crippen LogP) is -1.23. The standard InChI is InChI=1S/C5H7NO4/c1-10-5(9)2-6(3-7)4-8/h3-4H,2H2,1H3. The molecular formula is C5H7NO4. The maximum atomic E-state index is 10.4. The number of esters is 1. The molecule has 56 valence electrons. The van der Waals surface area contributed by atoms with Gasteiger partial charge in [-0.1, -0.05) is 0 Å². The fourth-order valence-electron chi connectivity index (χ4n) is 0.313. The molecule has 2 amide bonds. The Balaban J connectivity index is 3.73. The van der Waals surface area contributed by atoms with Crippen molar-refractivity contribution in [3.05, 3.63) is 0 Å². The molecule has 0 spiro atoms. The van der Waals surface area contributed by atoms with Crippen molar-refractivity contribution >= 4 is 18.8 Å². The Morgan fingerprint density at radius 3 is 2.30 bits per heavy atom. The van der Waals surface area contributed by atoms with Gasteiger partial charge in [0.1, 0.15) is 6.54 Å². The first-order valence-corrected chi connectivity index (χ1v) is 2.47. The summed E-state index contributed by atoms with van der Waals surface area (Å²) in [6, 6.07) is 0. The average Bonchev–Trinajstić information content (AvgIpc) is 1.99. The minimum absolute atomic E-state index is 0.254. The summed E-state index contributed by atoms with van der Waals surface area (Å²) in [6.07, 6.45) is 0.508. The van der Waals surface area contributed by atoms with Gasteiger partial charge in [-0.25, -0.2) is 0 Å². The van der Waals surface area contributed by atoms with Gasteiger partial charge in [-0.2, -0.15) is 0 Å². The van der Waals surface area contributed by atoms with Crippen molar-refractivity contribution in [2.75, 3.05) is 13.7 Å². The Labute approximate surface area is 57.6 Å². The van der Waals surface area contributed by atoms with Crippen LogP contribution in [0.5, 0.6) is 0 Å². The lowest BCUT2D eigenvalue weighted by Crippen LogP contribution is -2.27. The third-order valence-electron chi connectivity index (χ3n) is 0.810. The van der Waals surface area contributed by atoms with Gasteiger partial charge in [0.25, 0.3) is 0 Å². The summed E-state index contributed by atoms with van der Waals surface area (Å²) in [6.45, 7) is -0.330. The maximum Gasteiger partial charge on any atom is 0.325 e. The summed E-state index contributed by atoms with van der Waals surface area (Å²) in [5.41, 5.74) is 0. The second-order valence-corrected chi connectivity index (χ2v) is 1.46. The molecule has 0 radical (unpaired) electrons. The highest BCUT2D eigenvalue weighted by molar-refractivity contribution is 5.80. The Kier molecular flexibility index (Phi) is 3.86. The molecule has 0 aromatic rings. The first-order valence-electron chi connectivity index (χ1n) is 2.47. The first-order chi connectivity index (χ1) is 4.74. The minimum atomic E-state index is -0.626. The summed E-state index contributed by atoms with van der Waals surface area (Å²) in [4.78, 5) is 30.8. The van der Waals surface area contributed by atoms with Crippen LogP contribution in [-0.2, 0) is 19.1 Å². The number of hydrogen-bond acceptors (Lipinski definition) is 4. The van der Waals surface area contributed by atoms with E-state index in [1.54, 1.807) is 0 Å². The van der Waals surface area contributed by atoms with E-state index in [1.807, 2.05) is 0 Å². The van der Waals surface area contributed by atoms with Gasteiger partial charge in [-0.15, -0.1) is 0 Å². The lowest BCUT2D eigenvalue weighted by atomic mass is 10.6. The monoisotopic (exact) mass is 145 g/mol. The Morgan fingerprint density at radius 2 is 2.00 bits per heavy atom. The number of ether oxygens (including phenoxy) is 1. The van der Waals surface area contributed by atoms with Crippen molar-refractivity contribution in [1.29, 1.82) is 0 Å². The highest BCUT2D eigenvalue weighted by Crippen LogP contribution is 1.78. The number of amides is 2. The van der Waals surface area contributed by atoms with E-state index in [4.69, 9.17) is 0 Å². The maximum absolute atomic E-state index is 10.4. The van der Waals surface area contributed by atoms with Crippen LogP contribution in [0.2, 0.25) is 0 Å². The van der Waals surface area contributed by atoms with Crippen molar-refractivity contribution in [1.82, 2.24) is 4.90 Å². The molecule has 0 unspecified atom stereocenters. The summed E-state index contributed by atoms with van der Waals surface area (Å²) < 4.78 is 4.19. The van der Waals surface area contributed by atoms with Gasteiger partial charge in [-0.3, -0.25) is 19.3 Å². The van der Waals surface area contributed by atoms with E-state index in [0.29, 0.717) is 4.90 Å². The van der Waals surface area contributed by atoms with Crippen molar-refractivity contribution in [2.24, 2.45) is 0 Å². The van der Waals surface area contributed by atoms with Gasteiger partial charge in [0.2, 0.25) is 12.8 Å². The van der Waals surface area contributed by atoms with Gasteiger partial charge in [0.05, 0.1) is 7.11 Å². The summed E-state index contributed by atoms with van der Waals surface area (Å²) in [5, 5.41) is 0. The number of carbonyl (C=O) groups is 3. The molecule has 0 aliphatic heterocycles. The minimum Gasteiger partial charge on any atom is -0.468 e. The Morgan fingerprint density at radius 1 is 1.50 bits per heavy atom. The molecule has 0 aliphatic carbocycles. The molecule has 0 N–H and O–H groups in total. The molecule has 0 saturated carbocycles. The third-order valence-corrected chi connectivity index (χ3v) is 0.810. The molecule has 10 heavy (non-hydrogen) atoms. The van der Waals surface area contributed by atoms with Crippen molar-refractivity contribution in [3.63, 3.8) is 0 Å². The molecule has 0 atom stereocenters. The number of rotatable bonds is 4. The van der Waals surface area contributed by atoms with Crippen molar-refractivity contribution in [2.45, 2.75) is 0 Å². The van der Waals surface area contributed by atoms with Crippen LogP contribution in [-0.4, -0.2) is 37.3 Å². The van der Waals surface area contributed by atoms with E-state index in [1.165, 1.54) is 7.11 Å². The number of carbonyl (C=O) groups excluding carboxylic acids is 3. The van der Waals surface area contributed by atoms with E-state index in [0.717, 1.165) is 0 Å². The fraction of sp³-hybridized carbons (Fsp3) is 0.400. The predicted molar refractivity (Wildman–Crippen MR) is 30.8 cm³/mol. The Bertz CT molecular complexity index is 137. The number of imide groups is 1. The van der Waals surface area contributed by atoms with Crippen LogP contribution in [0.4, 0.5) is 0 Å². The molecule has 0 aromatic heterocycles. The van der Waals surface area contributed by atoms with Gasteiger partial charge >= 0.3 is 5.97 Å². The zero-order chi connectivity index (χ0) is 7.98. The van der Waals surface area contributed by atoms with Gasteiger partial charge in [0.15, 0.2) is 0 Å². The highest BCUT2D eigenvalue weighted by Gasteiger charge is 2.05. The number of hydrogen-bond donors (Lipinski definition) is 0. The summed E-state index contributed by atoms with van der Waals surface area (Å²) in [7, 11) is 1.18. The van der Waals surface area contributed by atoms with E-state index < -0.39 is 5.97 Å². The quantitative estimate of drug-likeness (QED) is 0.367. The lowest BCUT2D eigenvalue weighted by Gasteiger charge is -2.04. The molecule has 0 aromatic carbocycles. The number of methoxy groups -OCH3 is 1. The lowest BCUT2D eigenvalue weighted by molar-refractivity contribution is -0.146. The largest absolute Gasteiger partial charge is 0.468 e. The SMILES string of the molecule is COC(=O)CN(C=O)C=O. The molecule has 0 aliphatic rings. The van der Waals surface area contributed by atoms with Crippen LogP contribution in [0.15, 0.2) is 0 Å². The van der Waals surface area contributed by atoms with Crippen LogP contribution < -0.4 is 0 Å². The van der Waals surface area contributed by atoms with Crippen LogP contribution >= 0.6 is 0 Å². The second kappa shape index (κ2) is 4.49. The smallest absolute Gasteiger partial charge is 0.325 e. The van der Waals surface area contributed by atoms with E-state index in [2.05, 4.69) is 4.74 Å². The summed E-state index contributed by atoms with van der Waals surface area (Å²) >= 11 is 0. The van der Waals surface area contributed by atoms with Crippen molar-refractivity contribution < 1.29 is 19.1 Å². The molecule has 5 heteroatoms. The molecule has 0 fully saturated rings. The van der Waals surface area contributed by atoms with Gasteiger partial charge in [0, 0.05) is 0 Å². The van der Waals surface area contributed by atoms with Crippen LogP contribution in [0.25, 0.3) is 0 Å². The summed E-state index contributed by atoms with van der Waals surface area (Å²) in [5.74, 6) is -0.626. The molecular weight excluding hydrogens is 138 g/mol. The zero-order valence-electron chi connectivity index (χ0n) is 5.44. The van der Waals surface area contributed by atoms with Gasteiger partial charge in [-0.05, 0) is 0 Å². The number of nitrogens with zero attached hydrogens (tertiary/aromatic N) is 1. The van der Waals surface area contributed by atoms with Crippen molar-refractivity contribution in [3.8, 4) is 0 Å². The zero-order valence-corrected chi connectivity index (χ0v) is 5.44.